The van der Waals surface area contributed by atoms with Gasteiger partial charge < -0.3 is 0 Å². The van der Waals surface area contributed by atoms with Gasteiger partial charge in [-0.2, -0.15) is 10.4 Å². The third kappa shape index (κ3) is 3.69. The summed E-state index contributed by atoms with van der Waals surface area (Å²) in [5.74, 6) is 0. The van der Waals surface area contributed by atoms with Gasteiger partial charge in [-0.3, -0.25) is 5.43 Å². The fourth-order valence-electron chi connectivity index (χ4n) is 1.07. The normalized spacial score (nSPS) is 12.9. The molecule has 1 N–H and O–H groups in total. The molecule has 102 valence electrons. The van der Waals surface area contributed by atoms with Crippen molar-refractivity contribution in [3.05, 3.63) is 29.3 Å². The average Bonchev–Trinajstić information content (AvgIpc) is 2.30. The number of hydrazone groups is 1. The van der Waals surface area contributed by atoms with E-state index in [0.29, 0.717) is 10.7 Å². The quantitative estimate of drug-likeness (QED) is 0.517. The number of sulfone groups is 1. The van der Waals surface area contributed by atoms with Gasteiger partial charge >= 0.3 is 0 Å². The first kappa shape index (κ1) is 15.5. The summed E-state index contributed by atoms with van der Waals surface area (Å²) < 4.78 is 23.0. The highest BCUT2D eigenvalue weighted by atomic mass is 35.5. The molecule has 0 heterocycles. The Hall–Kier alpha value is -1.58. The van der Waals surface area contributed by atoms with E-state index in [2.05, 4.69) is 10.5 Å². The highest BCUT2D eigenvalue weighted by Crippen LogP contribution is 2.18. The summed E-state index contributed by atoms with van der Waals surface area (Å²) in [6, 6.07) is 8.12. The number of rotatable bonds is 2. The zero-order valence-corrected chi connectivity index (χ0v) is 12.4. The van der Waals surface area contributed by atoms with Crippen molar-refractivity contribution in [2.75, 3.05) is 5.43 Å². The van der Waals surface area contributed by atoms with Gasteiger partial charge in [-0.25, -0.2) is 8.42 Å². The van der Waals surface area contributed by atoms with Crippen molar-refractivity contribution >= 4 is 32.2 Å². The maximum atomic E-state index is 12.0. The molecule has 0 aliphatic carbocycles. The van der Waals surface area contributed by atoms with Crippen LogP contribution < -0.4 is 5.43 Å². The smallest absolute Gasteiger partial charge is 0.252 e. The Morgan fingerprint density at radius 1 is 1.32 bits per heavy atom. The zero-order valence-electron chi connectivity index (χ0n) is 10.8. The first-order valence-electron chi connectivity index (χ1n) is 5.42. The van der Waals surface area contributed by atoms with Gasteiger partial charge in [-0.15, -0.1) is 0 Å². The van der Waals surface area contributed by atoms with Crippen LogP contribution in [0.1, 0.15) is 20.8 Å². The molecule has 0 fully saturated rings. The van der Waals surface area contributed by atoms with Crippen LogP contribution in [0.3, 0.4) is 0 Å². The monoisotopic (exact) mass is 299 g/mol. The van der Waals surface area contributed by atoms with E-state index in [4.69, 9.17) is 16.9 Å². The minimum atomic E-state index is -3.77. The first-order valence-corrected chi connectivity index (χ1v) is 7.28. The summed E-state index contributed by atoms with van der Waals surface area (Å²) in [6.07, 6.45) is 0. The Bertz CT molecular complexity index is 622. The van der Waals surface area contributed by atoms with Crippen molar-refractivity contribution in [2.45, 2.75) is 25.5 Å². The van der Waals surface area contributed by atoms with Gasteiger partial charge in [0.2, 0.25) is 9.84 Å². The number of benzene rings is 1. The number of nitrogens with one attached hydrogen (secondary N) is 1. The zero-order chi connectivity index (χ0) is 14.7. The average molecular weight is 300 g/mol. The molecule has 0 atom stereocenters. The van der Waals surface area contributed by atoms with Crippen molar-refractivity contribution in [1.29, 1.82) is 5.26 Å². The van der Waals surface area contributed by atoms with Crippen molar-refractivity contribution in [3.8, 4) is 6.07 Å². The lowest BCUT2D eigenvalue weighted by Crippen LogP contribution is -2.34. The minimum Gasteiger partial charge on any atom is -0.277 e. The van der Waals surface area contributed by atoms with Crippen molar-refractivity contribution in [1.82, 2.24) is 0 Å². The molecule has 1 aromatic carbocycles. The highest BCUT2D eigenvalue weighted by molar-refractivity contribution is 8.08. The maximum Gasteiger partial charge on any atom is 0.252 e. The number of nitriles is 1. The predicted molar refractivity (Wildman–Crippen MR) is 76.8 cm³/mol. The molecule has 5 nitrogen and oxygen atoms in total. The molecule has 0 saturated carbocycles. The summed E-state index contributed by atoms with van der Waals surface area (Å²) in [5, 5.41) is 12.6. The Balaban J connectivity index is 3.03. The van der Waals surface area contributed by atoms with Crippen LogP contribution in [-0.4, -0.2) is 18.2 Å². The van der Waals surface area contributed by atoms with E-state index < -0.39 is 19.6 Å². The molecule has 0 aromatic heterocycles. The summed E-state index contributed by atoms with van der Waals surface area (Å²) in [6.45, 7) is 4.53. The van der Waals surface area contributed by atoms with Crippen molar-refractivity contribution in [2.24, 2.45) is 5.10 Å². The number of hydrogen-bond acceptors (Lipinski definition) is 5. The Morgan fingerprint density at radius 2 is 1.84 bits per heavy atom. The van der Waals surface area contributed by atoms with Crippen LogP contribution in [0.4, 0.5) is 5.69 Å². The van der Waals surface area contributed by atoms with E-state index in [1.54, 1.807) is 30.3 Å². The van der Waals surface area contributed by atoms with Crippen LogP contribution in [0.2, 0.25) is 5.02 Å². The third-order valence-corrected chi connectivity index (χ3v) is 4.84. The van der Waals surface area contributed by atoms with Gasteiger partial charge in [0.15, 0.2) is 0 Å². The van der Waals surface area contributed by atoms with E-state index in [0.717, 1.165) is 0 Å². The molecule has 0 spiro atoms. The number of nitrogens with zero attached hydrogens (tertiary/aromatic N) is 2. The predicted octanol–water partition coefficient (Wildman–Crippen LogP) is 2.80. The molecule has 19 heavy (non-hydrogen) atoms. The molecule has 1 aromatic rings. The van der Waals surface area contributed by atoms with Crippen LogP contribution in [0.25, 0.3) is 0 Å². The summed E-state index contributed by atoms with van der Waals surface area (Å²) in [5.41, 5.74) is 3.07. The topological polar surface area (TPSA) is 82.3 Å². The van der Waals surface area contributed by atoms with Gasteiger partial charge in [0, 0.05) is 5.02 Å². The second-order valence-corrected chi connectivity index (χ2v) is 7.82. The summed E-state index contributed by atoms with van der Waals surface area (Å²) in [7, 11) is -3.77. The van der Waals surface area contributed by atoms with E-state index in [-0.39, 0.29) is 0 Å². The minimum absolute atomic E-state index is 0.543. The fourth-order valence-corrected chi connectivity index (χ4v) is 2.07. The molecule has 0 aliphatic rings. The van der Waals surface area contributed by atoms with E-state index in [1.165, 1.54) is 20.8 Å². The van der Waals surface area contributed by atoms with Crippen LogP contribution >= 0.6 is 11.6 Å². The third-order valence-electron chi connectivity index (χ3n) is 2.29. The standard InChI is InChI=1S/C12H14ClN3O2S/c1-12(2,3)19(17,18)11(8-14)16-15-10-6-4-9(13)5-7-10/h4-7,15H,1-3H3/b16-11-. The molecule has 7 heteroatoms. The van der Waals surface area contributed by atoms with Crippen LogP contribution in [0, 0.1) is 11.3 Å². The Morgan fingerprint density at radius 3 is 2.26 bits per heavy atom. The van der Waals surface area contributed by atoms with E-state index in [9.17, 15) is 8.42 Å². The molecule has 0 unspecified atom stereocenters. The molecule has 0 amide bonds. The number of anilines is 1. The molecular weight excluding hydrogens is 286 g/mol. The number of halogens is 1. The Labute approximate surface area is 117 Å². The largest absolute Gasteiger partial charge is 0.277 e. The van der Waals surface area contributed by atoms with Gasteiger partial charge in [0.25, 0.3) is 5.04 Å². The molecule has 1 rings (SSSR count). The lowest BCUT2D eigenvalue weighted by Gasteiger charge is -2.17. The fraction of sp³-hybridized carbons (Fsp3) is 0.333. The second kappa shape index (κ2) is 5.59. The summed E-state index contributed by atoms with van der Waals surface area (Å²) >= 11 is 5.72. The van der Waals surface area contributed by atoms with Gasteiger partial charge in [-0.05, 0) is 45.0 Å². The van der Waals surface area contributed by atoms with Gasteiger partial charge in [0.1, 0.15) is 6.07 Å². The molecule has 0 aliphatic heterocycles. The van der Waals surface area contributed by atoms with Crippen molar-refractivity contribution < 1.29 is 8.42 Å². The highest BCUT2D eigenvalue weighted by Gasteiger charge is 2.34. The lowest BCUT2D eigenvalue weighted by atomic mass is 10.3. The van der Waals surface area contributed by atoms with Crippen molar-refractivity contribution in [3.63, 3.8) is 0 Å². The Kier molecular flexibility index (Phi) is 4.56. The maximum absolute atomic E-state index is 12.0. The van der Waals surface area contributed by atoms with Crippen LogP contribution in [0.15, 0.2) is 29.4 Å². The van der Waals surface area contributed by atoms with Gasteiger partial charge in [0.05, 0.1) is 10.4 Å². The molecular formula is C12H14ClN3O2S. The van der Waals surface area contributed by atoms with E-state index >= 15 is 0 Å². The number of hydrogen-bond donors (Lipinski definition) is 1. The molecule has 0 bridgehead atoms. The molecule has 0 radical (unpaired) electrons. The summed E-state index contributed by atoms with van der Waals surface area (Å²) in [4.78, 5) is 0. The first-order chi connectivity index (χ1) is 8.68. The van der Waals surface area contributed by atoms with E-state index in [1.807, 2.05) is 0 Å². The van der Waals surface area contributed by atoms with Crippen LogP contribution in [0.5, 0.6) is 0 Å². The second-order valence-electron chi connectivity index (χ2n) is 4.76. The van der Waals surface area contributed by atoms with Gasteiger partial charge in [-0.1, -0.05) is 11.6 Å². The molecule has 0 saturated heterocycles. The van der Waals surface area contributed by atoms with Crippen LogP contribution in [-0.2, 0) is 9.84 Å². The lowest BCUT2D eigenvalue weighted by molar-refractivity contribution is 0.573. The SMILES string of the molecule is CC(C)(C)S(=O)(=O)/C(C#N)=N\Nc1ccc(Cl)cc1.